The third-order valence-electron chi connectivity index (χ3n) is 6.46. The summed E-state index contributed by atoms with van der Waals surface area (Å²) in [5.41, 5.74) is -0.0434. The number of esters is 1. The molecule has 5 nitrogen and oxygen atoms in total. The van der Waals surface area contributed by atoms with E-state index in [1.54, 1.807) is 0 Å². The van der Waals surface area contributed by atoms with Crippen molar-refractivity contribution in [3.8, 4) is 0 Å². The molecular weight excluding hydrogens is 348 g/mol. The lowest BCUT2D eigenvalue weighted by molar-refractivity contribution is -0.169. The number of Topliss-reactive ketones (excluding diaryl/α,β-unsaturated/α-hetero) is 1. The van der Waals surface area contributed by atoms with Gasteiger partial charge in [-0.3, -0.25) is 9.59 Å². The molecule has 0 unspecified atom stereocenters. The van der Waals surface area contributed by atoms with Crippen LogP contribution >= 0.6 is 0 Å². The van der Waals surface area contributed by atoms with Crippen LogP contribution in [-0.2, 0) is 23.5 Å². The Labute approximate surface area is 158 Å². The van der Waals surface area contributed by atoms with Gasteiger partial charge >= 0.3 is 5.97 Å². The molecule has 0 bridgehead atoms. The maximum absolute atomic E-state index is 12.7. The summed E-state index contributed by atoms with van der Waals surface area (Å²) < 4.78 is 17.3. The van der Waals surface area contributed by atoms with Crippen LogP contribution in [0.2, 0.25) is 18.1 Å². The monoisotopic (exact) mass is 382 g/mol. The van der Waals surface area contributed by atoms with E-state index in [1.807, 2.05) is 13.0 Å². The minimum Gasteiger partial charge on any atom is -0.468 e. The van der Waals surface area contributed by atoms with Gasteiger partial charge in [-0.05, 0) is 49.4 Å². The smallest absolute Gasteiger partial charge is 0.322 e. The molecule has 2 aliphatic rings. The molecule has 2 rings (SSSR count). The fourth-order valence-corrected chi connectivity index (χ4v) is 4.85. The number of ether oxygens (including phenoxy) is 2. The second kappa shape index (κ2) is 7.56. The van der Waals surface area contributed by atoms with Gasteiger partial charge in [-0.1, -0.05) is 26.8 Å². The first-order valence-electron chi connectivity index (χ1n) is 9.57. The lowest BCUT2D eigenvalue weighted by atomic mass is 9.66. The van der Waals surface area contributed by atoms with Gasteiger partial charge in [-0.2, -0.15) is 0 Å². The number of ketones is 1. The van der Waals surface area contributed by atoms with Gasteiger partial charge in [0.1, 0.15) is 0 Å². The number of rotatable bonds is 6. The van der Waals surface area contributed by atoms with E-state index in [0.29, 0.717) is 32.5 Å². The van der Waals surface area contributed by atoms with Crippen LogP contribution < -0.4 is 0 Å². The van der Waals surface area contributed by atoms with Crippen LogP contribution in [0, 0.1) is 11.3 Å². The van der Waals surface area contributed by atoms with E-state index in [1.165, 1.54) is 7.11 Å². The number of hydrogen-bond donors (Lipinski definition) is 0. The Morgan fingerprint density at radius 3 is 2.54 bits per heavy atom. The molecule has 0 radical (unpaired) electrons. The first-order chi connectivity index (χ1) is 12.0. The van der Waals surface area contributed by atoms with Crippen molar-refractivity contribution >= 4 is 20.1 Å². The largest absolute Gasteiger partial charge is 0.468 e. The highest BCUT2D eigenvalue weighted by atomic mass is 28.4. The molecule has 0 saturated heterocycles. The highest BCUT2D eigenvalue weighted by molar-refractivity contribution is 6.74. The fraction of sp³-hybridized carbons (Fsp3) is 0.800. The standard InChI is InChI=1S/C20H34O5Si/c1-8-24-17-12-14(13-25-26(6,7)19(2,3)4)11-15-9-10-16(21)20(15,17)18(22)23-5/h12,15,17H,8-11,13H2,1-7H3/t15-,17+,20-/m1/s1. The van der Waals surface area contributed by atoms with Crippen molar-refractivity contribution in [2.45, 2.75) is 71.2 Å². The molecule has 0 aromatic carbocycles. The van der Waals surface area contributed by atoms with Crippen molar-refractivity contribution in [1.29, 1.82) is 0 Å². The number of hydrogen-bond acceptors (Lipinski definition) is 5. The summed E-state index contributed by atoms with van der Waals surface area (Å²) in [7, 11) is -0.514. The topological polar surface area (TPSA) is 61.8 Å². The van der Waals surface area contributed by atoms with Gasteiger partial charge in [0.2, 0.25) is 0 Å². The van der Waals surface area contributed by atoms with E-state index in [-0.39, 0.29) is 16.7 Å². The van der Waals surface area contributed by atoms with Gasteiger partial charge in [0.15, 0.2) is 19.5 Å². The molecule has 0 aromatic heterocycles. The number of fused-ring (bicyclic) bond motifs is 1. The van der Waals surface area contributed by atoms with Gasteiger partial charge in [0, 0.05) is 13.0 Å². The Morgan fingerprint density at radius 1 is 1.35 bits per heavy atom. The Hall–Kier alpha value is -0.983. The minimum atomic E-state index is -1.86. The number of carbonyl (C=O) groups is 2. The predicted octanol–water partition coefficient (Wildman–Crippen LogP) is 3.88. The third-order valence-corrected chi connectivity index (χ3v) is 10.9. The zero-order valence-electron chi connectivity index (χ0n) is 17.3. The lowest BCUT2D eigenvalue weighted by Crippen LogP contribution is -2.53. The molecule has 0 spiro atoms. The third kappa shape index (κ3) is 3.56. The highest BCUT2D eigenvalue weighted by Crippen LogP contribution is 2.51. The van der Waals surface area contributed by atoms with Crippen molar-refractivity contribution in [1.82, 2.24) is 0 Å². The summed E-state index contributed by atoms with van der Waals surface area (Å²) in [5, 5.41) is 0.140. The molecule has 0 N–H and O–H groups in total. The maximum Gasteiger partial charge on any atom is 0.322 e. The van der Waals surface area contributed by atoms with Crippen LogP contribution in [0.3, 0.4) is 0 Å². The first kappa shape index (κ1) is 21.3. The lowest BCUT2D eigenvalue weighted by Gasteiger charge is -2.42. The molecule has 1 fully saturated rings. The van der Waals surface area contributed by atoms with Crippen LogP contribution in [0.1, 0.15) is 47.0 Å². The van der Waals surface area contributed by atoms with E-state index in [0.717, 1.165) is 5.57 Å². The van der Waals surface area contributed by atoms with E-state index >= 15 is 0 Å². The molecule has 3 atom stereocenters. The second-order valence-corrected chi connectivity index (χ2v) is 13.8. The van der Waals surface area contributed by atoms with Crippen molar-refractivity contribution in [3.05, 3.63) is 11.6 Å². The van der Waals surface area contributed by atoms with Crippen LogP contribution in [0.15, 0.2) is 11.6 Å². The average molecular weight is 383 g/mol. The second-order valence-electron chi connectivity index (χ2n) is 8.97. The van der Waals surface area contributed by atoms with E-state index in [4.69, 9.17) is 13.9 Å². The summed E-state index contributed by atoms with van der Waals surface area (Å²) in [6, 6.07) is 0. The molecule has 148 valence electrons. The molecular formula is C20H34O5Si. The summed E-state index contributed by atoms with van der Waals surface area (Å²) in [6.45, 7) is 14.0. The Balaban J connectivity index is 2.30. The van der Waals surface area contributed by atoms with Gasteiger partial charge in [0.05, 0.1) is 19.8 Å². The minimum absolute atomic E-state index is 0.0478. The van der Waals surface area contributed by atoms with Crippen molar-refractivity contribution in [3.63, 3.8) is 0 Å². The molecule has 0 heterocycles. The maximum atomic E-state index is 12.7. The van der Waals surface area contributed by atoms with Crippen LogP contribution in [0.25, 0.3) is 0 Å². The van der Waals surface area contributed by atoms with Gasteiger partial charge in [-0.15, -0.1) is 0 Å². The highest BCUT2D eigenvalue weighted by Gasteiger charge is 2.62. The molecule has 0 aromatic rings. The van der Waals surface area contributed by atoms with Crippen LogP contribution in [0.5, 0.6) is 0 Å². The van der Waals surface area contributed by atoms with Crippen LogP contribution in [0.4, 0.5) is 0 Å². The van der Waals surface area contributed by atoms with E-state index in [9.17, 15) is 9.59 Å². The summed E-state index contributed by atoms with van der Waals surface area (Å²) >= 11 is 0. The van der Waals surface area contributed by atoms with Crippen molar-refractivity contribution in [2.24, 2.45) is 11.3 Å². The summed E-state index contributed by atoms with van der Waals surface area (Å²) in [6.07, 6.45) is 3.20. The molecule has 2 aliphatic carbocycles. The predicted molar refractivity (Wildman–Crippen MR) is 103 cm³/mol. The fourth-order valence-electron chi connectivity index (χ4n) is 3.87. The van der Waals surface area contributed by atoms with Gasteiger partial charge < -0.3 is 13.9 Å². The summed E-state index contributed by atoms with van der Waals surface area (Å²) in [5.74, 6) is -0.570. The van der Waals surface area contributed by atoms with E-state index < -0.39 is 25.8 Å². The number of methoxy groups -OCH3 is 1. The number of carbonyl (C=O) groups excluding carboxylic acids is 2. The molecule has 6 heteroatoms. The van der Waals surface area contributed by atoms with Crippen LogP contribution in [-0.4, -0.2) is 46.5 Å². The zero-order chi connectivity index (χ0) is 19.8. The average Bonchev–Trinajstić information content (AvgIpc) is 2.89. The molecule has 0 amide bonds. The van der Waals surface area contributed by atoms with Gasteiger partial charge in [-0.25, -0.2) is 0 Å². The van der Waals surface area contributed by atoms with Crippen molar-refractivity contribution in [2.75, 3.05) is 20.3 Å². The SMILES string of the molecule is CCO[C@H]1C=C(CO[Si](C)(C)C(C)(C)C)C[C@H]2CCC(=O)[C@]21C(=O)OC. The summed E-state index contributed by atoms with van der Waals surface area (Å²) in [4.78, 5) is 25.4. The van der Waals surface area contributed by atoms with Crippen molar-refractivity contribution < 1.29 is 23.5 Å². The molecule has 26 heavy (non-hydrogen) atoms. The van der Waals surface area contributed by atoms with E-state index in [2.05, 4.69) is 33.9 Å². The first-order valence-corrected chi connectivity index (χ1v) is 12.5. The quantitative estimate of drug-likeness (QED) is 0.302. The Bertz CT molecular complexity index is 589. The molecule has 0 aliphatic heterocycles. The zero-order valence-corrected chi connectivity index (χ0v) is 18.3. The normalized spacial score (nSPS) is 29.3. The molecule has 1 saturated carbocycles. The Kier molecular flexibility index (Phi) is 6.20. The van der Waals surface area contributed by atoms with Gasteiger partial charge in [0.25, 0.3) is 0 Å². The Morgan fingerprint density at radius 2 is 2.00 bits per heavy atom.